The van der Waals surface area contributed by atoms with Gasteiger partial charge in [-0.25, -0.2) is 8.78 Å². The normalized spacial score (nSPS) is 18.0. The van der Waals surface area contributed by atoms with E-state index in [4.69, 9.17) is 27.9 Å². The first-order chi connectivity index (χ1) is 40.9. The molecule has 1 aromatic heterocycles. The Labute approximate surface area is 502 Å². The summed E-state index contributed by atoms with van der Waals surface area (Å²) < 4.78 is 79.8. The maximum Gasteiger partial charge on any atom is 0.417 e. The number of nitrogens with one attached hydrogen (secondary N) is 6. The molecule has 0 bridgehead atoms. The molecule has 2 saturated heterocycles. The third kappa shape index (κ3) is 13.6. The van der Waals surface area contributed by atoms with E-state index in [0.717, 1.165) is 36.5 Å². The number of anilines is 3. The van der Waals surface area contributed by atoms with Gasteiger partial charge < -0.3 is 46.1 Å². The number of aromatic nitrogens is 1. The van der Waals surface area contributed by atoms with Crippen LogP contribution in [0.1, 0.15) is 92.0 Å². The molecule has 0 saturated carbocycles. The quantitative estimate of drug-likeness (QED) is 0.0506. The van der Waals surface area contributed by atoms with Crippen LogP contribution in [0.4, 0.5) is 39.0 Å². The topological polar surface area (TPSA) is 201 Å². The van der Waals surface area contributed by atoms with E-state index < -0.39 is 81.1 Å². The highest BCUT2D eigenvalue weighted by Gasteiger charge is 2.61. The van der Waals surface area contributed by atoms with Crippen molar-refractivity contribution in [1.29, 1.82) is 5.26 Å². The van der Waals surface area contributed by atoms with E-state index in [9.17, 15) is 42.4 Å². The van der Waals surface area contributed by atoms with Crippen LogP contribution in [0, 0.1) is 28.4 Å². The van der Waals surface area contributed by atoms with Crippen LogP contribution in [-0.2, 0) is 29.5 Å². The van der Waals surface area contributed by atoms with E-state index in [-0.39, 0.29) is 69.3 Å². The van der Waals surface area contributed by atoms with Crippen LogP contribution in [-0.4, -0.2) is 85.9 Å². The number of amides is 4. The fourth-order valence-electron chi connectivity index (χ4n) is 11.1. The highest BCUT2D eigenvalue weighted by molar-refractivity contribution is 6.31. The summed E-state index contributed by atoms with van der Waals surface area (Å²) in [5, 5.41) is 25.6. The third-order valence-corrected chi connectivity index (χ3v) is 16.0. The number of pyridine rings is 1. The zero-order valence-electron chi connectivity index (χ0n) is 47.3. The van der Waals surface area contributed by atoms with Gasteiger partial charge in [0.05, 0.1) is 52.4 Å². The first kappa shape index (κ1) is 61.9. The molecule has 22 heteroatoms. The zero-order valence-corrected chi connectivity index (χ0v) is 48.8. The number of likely N-dealkylation sites (N-methyl/N-ethyl adjacent to an activating group) is 1. The van der Waals surface area contributed by atoms with E-state index in [2.05, 4.69) is 42.5 Å². The monoisotopic (exact) mass is 1220 g/mol. The summed E-state index contributed by atoms with van der Waals surface area (Å²) in [6, 6.07) is 32.2. The number of H-pyrrole nitrogens is 1. The molecule has 9 rings (SSSR count). The Hall–Kier alpha value is -8.61. The maximum absolute atomic E-state index is 16.2. The molecule has 4 unspecified atom stereocenters. The Morgan fingerprint density at radius 1 is 0.756 bits per heavy atom. The summed E-state index contributed by atoms with van der Waals surface area (Å²) in [5.41, 5.74) is -1.19. The Balaban J connectivity index is 0.832. The van der Waals surface area contributed by atoms with E-state index in [1.54, 1.807) is 60.7 Å². The molecule has 7 aromatic rings. The van der Waals surface area contributed by atoms with Crippen molar-refractivity contribution in [3.05, 3.63) is 210 Å². The number of nitrogens with zero attached hydrogens (tertiary/aromatic N) is 3. The molecular formula is C64H60Cl2F5N9O6. The Morgan fingerprint density at radius 3 is 2.01 bits per heavy atom. The lowest BCUT2D eigenvalue weighted by Gasteiger charge is -2.37. The van der Waals surface area contributed by atoms with Gasteiger partial charge in [0.2, 0.25) is 11.5 Å². The molecule has 2 aliphatic heterocycles. The molecule has 4 atom stereocenters. The van der Waals surface area contributed by atoms with Crippen molar-refractivity contribution >= 4 is 63.9 Å². The van der Waals surface area contributed by atoms with Crippen molar-refractivity contribution in [3.8, 4) is 22.9 Å². The average molecular weight is 1220 g/mol. The Morgan fingerprint density at radius 2 is 1.40 bits per heavy atom. The Kier molecular flexibility index (Phi) is 18.4. The summed E-state index contributed by atoms with van der Waals surface area (Å²) in [6.07, 6.45) is -3.94. The largest absolute Gasteiger partial charge is 0.495 e. The fourth-order valence-corrected chi connectivity index (χ4v) is 11.4. The number of ether oxygens (including phenoxy) is 1. The zero-order chi connectivity index (χ0) is 61.8. The van der Waals surface area contributed by atoms with Crippen LogP contribution < -0.4 is 41.8 Å². The number of halogens is 7. The molecule has 4 amide bonds. The van der Waals surface area contributed by atoms with Gasteiger partial charge in [-0.1, -0.05) is 105 Å². The van der Waals surface area contributed by atoms with Gasteiger partial charge in [0.15, 0.2) is 0 Å². The molecule has 6 N–H and O–H groups in total. The van der Waals surface area contributed by atoms with Crippen molar-refractivity contribution in [2.24, 2.45) is 5.41 Å². The van der Waals surface area contributed by atoms with E-state index in [1.165, 1.54) is 55.6 Å². The number of aromatic amines is 1. The fraction of sp³-hybridized carbons (Fsp3) is 0.281. The van der Waals surface area contributed by atoms with Crippen molar-refractivity contribution in [2.45, 2.75) is 69.9 Å². The second-order valence-corrected chi connectivity index (χ2v) is 23.3. The number of methoxy groups -OCH3 is 1. The Bertz CT molecular complexity index is 3830. The van der Waals surface area contributed by atoms with Crippen LogP contribution in [0.15, 0.2) is 138 Å². The predicted octanol–water partition coefficient (Wildman–Crippen LogP) is 11.5. The minimum atomic E-state index is -4.96. The molecule has 86 heavy (non-hydrogen) atoms. The summed E-state index contributed by atoms with van der Waals surface area (Å²) in [6.45, 7) is 8.74. The van der Waals surface area contributed by atoms with E-state index in [1.807, 2.05) is 38.8 Å². The number of hydrogen-bond donors (Lipinski definition) is 6. The number of carbonyl (C=O) groups is 4. The average Bonchev–Trinajstić information content (AvgIpc) is 2.45. The molecule has 0 radical (unpaired) electrons. The smallest absolute Gasteiger partial charge is 0.417 e. The molecule has 2 fully saturated rings. The van der Waals surface area contributed by atoms with E-state index >= 15 is 8.78 Å². The summed E-state index contributed by atoms with van der Waals surface area (Å²) >= 11 is 12.5. The van der Waals surface area contributed by atoms with Gasteiger partial charge in [0.25, 0.3) is 17.7 Å². The van der Waals surface area contributed by atoms with Gasteiger partial charge in [-0.2, -0.15) is 18.4 Å². The van der Waals surface area contributed by atoms with Crippen LogP contribution in [0.2, 0.25) is 10.0 Å². The number of rotatable bonds is 16. The molecule has 3 heterocycles. The second-order valence-electron chi connectivity index (χ2n) is 22.4. The number of hydrogen-bond acceptors (Lipinski definition) is 10. The minimum Gasteiger partial charge on any atom is -0.495 e. The van der Waals surface area contributed by atoms with Crippen molar-refractivity contribution < 1.29 is 45.9 Å². The van der Waals surface area contributed by atoms with Gasteiger partial charge in [0.1, 0.15) is 22.8 Å². The lowest BCUT2D eigenvalue weighted by molar-refractivity contribution is -0.138. The maximum atomic E-state index is 16.2. The van der Waals surface area contributed by atoms with Crippen LogP contribution in [0.25, 0.3) is 11.1 Å². The minimum absolute atomic E-state index is 0.0711. The summed E-state index contributed by atoms with van der Waals surface area (Å²) in [5.74, 6) is -5.45. The lowest BCUT2D eigenvalue weighted by Crippen LogP contribution is -2.45. The van der Waals surface area contributed by atoms with Crippen molar-refractivity contribution in [1.82, 2.24) is 25.8 Å². The molecule has 446 valence electrons. The highest BCUT2D eigenvalue weighted by Crippen LogP contribution is 2.53. The molecule has 6 aromatic carbocycles. The molecular weight excluding hydrogens is 1160 g/mol. The summed E-state index contributed by atoms with van der Waals surface area (Å²) in [7, 11) is 3.34. The van der Waals surface area contributed by atoms with Gasteiger partial charge in [-0.3, -0.25) is 24.0 Å². The summed E-state index contributed by atoms with van der Waals surface area (Å²) in [4.78, 5) is 73.2. The molecule has 2 aliphatic rings. The van der Waals surface area contributed by atoms with Crippen LogP contribution in [0.5, 0.6) is 5.75 Å². The number of piperazine rings is 1. The number of benzene rings is 6. The number of nitriles is 1. The highest BCUT2D eigenvalue weighted by atomic mass is 35.5. The molecule has 0 spiro atoms. The van der Waals surface area contributed by atoms with Gasteiger partial charge >= 0.3 is 6.18 Å². The van der Waals surface area contributed by atoms with Crippen molar-refractivity contribution in [3.63, 3.8) is 0 Å². The lowest BCUT2D eigenvalue weighted by atomic mass is 9.62. The van der Waals surface area contributed by atoms with Gasteiger partial charge in [-0.15, -0.1) is 0 Å². The van der Waals surface area contributed by atoms with E-state index in [0.29, 0.717) is 41.5 Å². The molecule has 15 nitrogen and oxygen atoms in total. The van der Waals surface area contributed by atoms with Crippen LogP contribution >= 0.6 is 23.2 Å². The van der Waals surface area contributed by atoms with Crippen molar-refractivity contribution in [2.75, 3.05) is 55.9 Å². The molecule has 0 aliphatic carbocycles. The first-order valence-corrected chi connectivity index (χ1v) is 28.1. The standard InChI is InChI=1S/C64H60Cl2F5N9O6/c1-62(2,3)31-53-63(35-72,45-20-19-42(65)29-48(45)67)55(43-7-6-8-47(66)56(43)68)57(78-53)61(85)76-49-21-17-41(28-52(49)86-5)59(83)75-33-37-11-9-36(10-12-37)32-74-58(82)39-15-13-38(14-16-39)40-18-22-51(80-25-23-79(4)24-26-80)50(27-40)77-60(84)44-34-73-54(81)30-46(44)64(69,70)71/h6-22,27-30,34,53,55,57,78H,23-26,31-33H2,1-5H3,(H,73,81)(H,74,82)(H,75,83)(H,76,85)(H,77,84). The van der Waals surface area contributed by atoms with Gasteiger partial charge in [0, 0.05) is 85.2 Å². The third-order valence-electron chi connectivity index (χ3n) is 15.4. The SMILES string of the molecule is COc1cc(C(=O)NCc2ccc(CNC(=O)c3ccc(-c4ccc(N5CCN(C)CC5)c(NC(=O)c5c[nH]c(=O)cc5C(F)(F)F)c4)cc3)cc2)ccc1NC(=O)C1NC(CC(C)(C)C)C(C#N)(c2ccc(Cl)cc2F)C1c1cccc(Cl)c1F. The number of alkyl halides is 3. The predicted molar refractivity (Wildman–Crippen MR) is 320 cm³/mol. The van der Waals surface area contributed by atoms with Gasteiger partial charge in [-0.05, 0) is 107 Å². The first-order valence-electron chi connectivity index (χ1n) is 27.4. The second kappa shape index (κ2) is 25.5. The number of carbonyl (C=O) groups excluding carboxylic acids is 4. The van der Waals surface area contributed by atoms with Crippen LogP contribution in [0.3, 0.4) is 0 Å².